The fourth-order valence-corrected chi connectivity index (χ4v) is 2.42. The van der Waals surface area contributed by atoms with Crippen LogP contribution in [0.25, 0.3) is 0 Å². The van der Waals surface area contributed by atoms with Gasteiger partial charge in [-0.05, 0) is 27.2 Å². The lowest BCUT2D eigenvalue weighted by Gasteiger charge is -2.35. The summed E-state index contributed by atoms with van der Waals surface area (Å²) in [4.78, 5) is 12.7. The van der Waals surface area contributed by atoms with E-state index in [1.54, 1.807) is 20.8 Å². The van der Waals surface area contributed by atoms with Crippen LogP contribution >= 0.6 is 0 Å². The molecule has 0 aromatic rings. The van der Waals surface area contributed by atoms with Crippen molar-refractivity contribution in [2.24, 2.45) is 0 Å². The minimum atomic E-state index is -3.62. The Morgan fingerprint density at radius 3 is 2.37 bits per heavy atom. The number of alkyl halides is 1. The van der Waals surface area contributed by atoms with Crippen LogP contribution in [0.15, 0.2) is 0 Å². The zero-order valence-corrected chi connectivity index (χ0v) is 12.4. The largest absolute Gasteiger partial charge is 0.444 e. The highest BCUT2D eigenvalue weighted by molar-refractivity contribution is 7.86. The standard InChI is InChI=1S/C11H20FNO5S/c1-11(2,3)17-10(14)13-6-5-8(7-9(13)12)18-19(4,15)16/h8-9H,5-7H2,1-4H3. The van der Waals surface area contributed by atoms with Gasteiger partial charge in [0, 0.05) is 13.0 Å². The minimum Gasteiger partial charge on any atom is -0.444 e. The van der Waals surface area contributed by atoms with Gasteiger partial charge in [0.15, 0.2) is 6.30 Å². The maximum atomic E-state index is 13.8. The van der Waals surface area contributed by atoms with E-state index < -0.39 is 34.2 Å². The third kappa shape index (κ3) is 5.73. The molecule has 1 saturated heterocycles. The highest BCUT2D eigenvalue weighted by atomic mass is 32.2. The molecule has 2 atom stereocenters. The van der Waals surface area contributed by atoms with Crippen molar-refractivity contribution in [3.63, 3.8) is 0 Å². The van der Waals surface area contributed by atoms with E-state index in [-0.39, 0.29) is 19.4 Å². The Morgan fingerprint density at radius 2 is 1.95 bits per heavy atom. The highest BCUT2D eigenvalue weighted by Crippen LogP contribution is 2.24. The predicted octanol–water partition coefficient (Wildman–Crippen LogP) is 1.66. The first-order valence-electron chi connectivity index (χ1n) is 6.00. The molecule has 1 amide bonds. The molecule has 6 nitrogen and oxygen atoms in total. The van der Waals surface area contributed by atoms with Gasteiger partial charge >= 0.3 is 6.09 Å². The van der Waals surface area contributed by atoms with Crippen LogP contribution in [0.1, 0.15) is 33.6 Å². The van der Waals surface area contributed by atoms with Gasteiger partial charge in [-0.25, -0.2) is 9.18 Å². The van der Waals surface area contributed by atoms with Crippen LogP contribution in [0.3, 0.4) is 0 Å². The first-order valence-corrected chi connectivity index (χ1v) is 7.81. The van der Waals surface area contributed by atoms with E-state index in [1.165, 1.54) is 0 Å². The van der Waals surface area contributed by atoms with E-state index >= 15 is 0 Å². The summed E-state index contributed by atoms with van der Waals surface area (Å²) in [7, 11) is -3.62. The minimum absolute atomic E-state index is 0.0657. The second-order valence-electron chi connectivity index (χ2n) is 5.55. The third-order valence-electron chi connectivity index (χ3n) is 2.43. The molecule has 0 spiro atoms. The van der Waals surface area contributed by atoms with Crippen LogP contribution in [0.4, 0.5) is 9.18 Å². The topological polar surface area (TPSA) is 72.9 Å². The number of amides is 1. The van der Waals surface area contributed by atoms with Crippen LogP contribution in [-0.2, 0) is 19.0 Å². The zero-order valence-electron chi connectivity index (χ0n) is 11.6. The van der Waals surface area contributed by atoms with Gasteiger partial charge < -0.3 is 4.74 Å². The number of piperidine rings is 1. The Hall–Kier alpha value is -0.890. The fraction of sp³-hybridized carbons (Fsp3) is 0.909. The molecule has 19 heavy (non-hydrogen) atoms. The quantitative estimate of drug-likeness (QED) is 0.572. The summed E-state index contributed by atoms with van der Waals surface area (Å²) < 4.78 is 45.6. The number of halogens is 1. The Morgan fingerprint density at radius 1 is 1.37 bits per heavy atom. The lowest BCUT2D eigenvalue weighted by atomic mass is 10.1. The summed E-state index contributed by atoms with van der Waals surface area (Å²) in [5.74, 6) is 0. The van der Waals surface area contributed by atoms with Crippen LogP contribution in [0.5, 0.6) is 0 Å². The van der Waals surface area contributed by atoms with Gasteiger partial charge in [0.05, 0.1) is 12.4 Å². The number of carbonyl (C=O) groups is 1. The van der Waals surface area contributed by atoms with Crippen molar-refractivity contribution in [3.05, 3.63) is 0 Å². The van der Waals surface area contributed by atoms with E-state index in [2.05, 4.69) is 0 Å². The molecule has 112 valence electrons. The Labute approximate surface area is 113 Å². The Bertz CT molecular complexity index is 431. The average Bonchev–Trinajstić information content (AvgIpc) is 2.11. The fourth-order valence-electron chi connectivity index (χ4n) is 1.75. The van der Waals surface area contributed by atoms with Gasteiger partial charge in [-0.1, -0.05) is 0 Å². The lowest BCUT2D eigenvalue weighted by molar-refractivity contribution is -0.0333. The van der Waals surface area contributed by atoms with E-state index in [1.807, 2.05) is 0 Å². The van der Waals surface area contributed by atoms with Crippen molar-refractivity contribution in [1.29, 1.82) is 0 Å². The summed E-state index contributed by atoms with van der Waals surface area (Å²) in [6.07, 6.45) is -2.07. The van der Waals surface area contributed by atoms with Gasteiger partial charge in [0.2, 0.25) is 0 Å². The first kappa shape index (κ1) is 16.2. The second-order valence-corrected chi connectivity index (χ2v) is 7.16. The van der Waals surface area contributed by atoms with Crippen molar-refractivity contribution in [2.45, 2.75) is 51.6 Å². The van der Waals surface area contributed by atoms with Gasteiger partial charge in [-0.3, -0.25) is 9.08 Å². The number of rotatable bonds is 2. The van der Waals surface area contributed by atoms with Crippen LogP contribution in [-0.4, -0.2) is 50.2 Å². The normalized spacial score (nSPS) is 25.2. The molecular weight excluding hydrogens is 277 g/mol. The lowest BCUT2D eigenvalue weighted by Crippen LogP contribution is -2.48. The number of hydrogen-bond acceptors (Lipinski definition) is 5. The number of ether oxygens (including phenoxy) is 1. The van der Waals surface area contributed by atoms with Crippen molar-refractivity contribution >= 4 is 16.2 Å². The molecule has 1 aliphatic rings. The van der Waals surface area contributed by atoms with Gasteiger partial charge in [0.25, 0.3) is 10.1 Å². The van der Waals surface area contributed by atoms with E-state index in [4.69, 9.17) is 8.92 Å². The summed E-state index contributed by atoms with van der Waals surface area (Å²) in [5, 5.41) is 0. The Balaban J connectivity index is 2.57. The van der Waals surface area contributed by atoms with Gasteiger partial charge in [-0.2, -0.15) is 8.42 Å². The average molecular weight is 297 g/mol. The molecule has 0 radical (unpaired) electrons. The van der Waals surface area contributed by atoms with Crippen molar-refractivity contribution in [2.75, 3.05) is 12.8 Å². The molecule has 1 heterocycles. The molecule has 0 aliphatic carbocycles. The van der Waals surface area contributed by atoms with Crippen LogP contribution in [0, 0.1) is 0 Å². The van der Waals surface area contributed by atoms with Gasteiger partial charge in [0.1, 0.15) is 5.60 Å². The molecule has 0 N–H and O–H groups in total. The number of likely N-dealkylation sites (tertiary alicyclic amines) is 1. The van der Waals surface area contributed by atoms with Crippen molar-refractivity contribution < 1.29 is 26.5 Å². The van der Waals surface area contributed by atoms with E-state index in [9.17, 15) is 17.6 Å². The van der Waals surface area contributed by atoms with Crippen molar-refractivity contribution in [3.8, 4) is 0 Å². The molecule has 0 saturated carbocycles. The molecule has 1 aliphatic heterocycles. The summed E-state index contributed by atoms with van der Waals surface area (Å²) in [6.45, 7) is 5.14. The van der Waals surface area contributed by atoms with Crippen LogP contribution < -0.4 is 0 Å². The molecule has 0 aromatic carbocycles. The summed E-state index contributed by atoms with van der Waals surface area (Å²) >= 11 is 0. The first-order chi connectivity index (χ1) is 8.48. The van der Waals surface area contributed by atoms with E-state index in [0.29, 0.717) is 0 Å². The zero-order chi connectivity index (χ0) is 14.8. The third-order valence-corrected chi connectivity index (χ3v) is 3.05. The maximum absolute atomic E-state index is 13.8. The monoisotopic (exact) mass is 297 g/mol. The Kier molecular flexibility index (Phi) is 4.78. The molecule has 0 bridgehead atoms. The predicted molar refractivity (Wildman–Crippen MR) is 66.8 cm³/mol. The van der Waals surface area contributed by atoms with Crippen LogP contribution in [0.2, 0.25) is 0 Å². The number of carbonyl (C=O) groups excluding carboxylic acids is 1. The molecule has 8 heteroatoms. The number of hydrogen-bond donors (Lipinski definition) is 0. The molecule has 0 aromatic heterocycles. The summed E-state index contributed by atoms with van der Waals surface area (Å²) in [6, 6.07) is 0. The molecule has 2 unspecified atom stereocenters. The second kappa shape index (κ2) is 5.62. The highest BCUT2D eigenvalue weighted by Gasteiger charge is 2.35. The molecule has 1 fully saturated rings. The van der Waals surface area contributed by atoms with Crippen molar-refractivity contribution in [1.82, 2.24) is 4.90 Å². The summed E-state index contributed by atoms with van der Waals surface area (Å²) in [5.41, 5.74) is -0.698. The molecular formula is C11H20FNO5S. The van der Waals surface area contributed by atoms with Gasteiger partial charge in [-0.15, -0.1) is 0 Å². The SMILES string of the molecule is CC(C)(C)OC(=O)N1CCC(OS(C)(=O)=O)CC1F. The maximum Gasteiger partial charge on any atom is 0.412 e. The number of nitrogens with zero attached hydrogens (tertiary/aromatic N) is 1. The van der Waals surface area contributed by atoms with E-state index in [0.717, 1.165) is 11.2 Å². The smallest absolute Gasteiger partial charge is 0.412 e. The molecule has 1 rings (SSSR count).